The minimum Gasteiger partial charge on any atom is -0.381 e. The van der Waals surface area contributed by atoms with E-state index in [2.05, 4.69) is 39.9 Å². The highest BCUT2D eigenvalue weighted by molar-refractivity contribution is 14.0. The minimum atomic E-state index is 0. The number of ether oxygens (including phenoxy) is 2. The van der Waals surface area contributed by atoms with E-state index in [0.29, 0.717) is 19.0 Å². The molecule has 3 rings (SSSR count). The van der Waals surface area contributed by atoms with Crippen molar-refractivity contribution in [1.29, 1.82) is 0 Å². The third kappa shape index (κ3) is 9.00. The Labute approximate surface area is 201 Å². The molecule has 0 aliphatic carbocycles. The summed E-state index contributed by atoms with van der Waals surface area (Å²) in [4.78, 5) is 16.1. The minimum absolute atomic E-state index is 0. The maximum absolute atomic E-state index is 11.8. The van der Waals surface area contributed by atoms with Crippen LogP contribution in [0.25, 0.3) is 0 Å². The van der Waals surface area contributed by atoms with Crippen LogP contribution in [0.15, 0.2) is 58.4 Å². The smallest absolute Gasteiger partial charge is 0.250 e. The molecular formula is C23H33IN4O3. The summed E-state index contributed by atoms with van der Waals surface area (Å²) in [6, 6.07) is 13.5. The fourth-order valence-corrected chi connectivity index (χ4v) is 3.30. The predicted octanol–water partition coefficient (Wildman–Crippen LogP) is 2.62. The number of halogens is 1. The van der Waals surface area contributed by atoms with E-state index in [0.717, 1.165) is 62.9 Å². The molecule has 0 radical (unpaired) electrons. The Morgan fingerprint density at radius 2 is 2.00 bits per heavy atom. The average molecular weight is 540 g/mol. The number of guanidine groups is 1. The molecule has 1 aliphatic heterocycles. The van der Waals surface area contributed by atoms with Crippen molar-refractivity contribution >= 4 is 29.9 Å². The highest BCUT2D eigenvalue weighted by Crippen LogP contribution is 2.12. The third-order valence-electron chi connectivity index (χ3n) is 5.09. The molecule has 2 heterocycles. The van der Waals surface area contributed by atoms with Crippen LogP contribution in [0, 0.1) is 5.92 Å². The van der Waals surface area contributed by atoms with Gasteiger partial charge in [-0.25, -0.2) is 0 Å². The van der Waals surface area contributed by atoms with Gasteiger partial charge in [0.1, 0.15) is 0 Å². The van der Waals surface area contributed by atoms with Gasteiger partial charge in [0.15, 0.2) is 5.96 Å². The lowest BCUT2D eigenvalue weighted by Gasteiger charge is -2.13. The Hall–Kier alpha value is -1.91. The van der Waals surface area contributed by atoms with Crippen LogP contribution in [0.1, 0.15) is 24.0 Å². The number of pyridine rings is 1. The number of aliphatic imine (C=N–C) groups is 1. The van der Waals surface area contributed by atoms with E-state index in [1.54, 1.807) is 23.7 Å². The number of nitrogens with zero attached hydrogens (tertiary/aromatic N) is 2. The van der Waals surface area contributed by atoms with Gasteiger partial charge in [0.25, 0.3) is 5.56 Å². The lowest BCUT2D eigenvalue weighted by molar-refractivity contribution is 0.0888. The van der Waals surface area contributed by atoms with Crippen molar-refractivity contribution in [3.05, 3.63) is 70.1 Å². The summed E-state index contributed by atoms with van der Waals surface area (Å²) in [6.07, 6.45) is 3.85. The van der Waals surface area contributed by atoms with Gasteiger partial charge in [0.05, 0.1) is 19.8 Å². The molecule has 0 saturated carbocycles. The van der Waals surface area contributed by atoms with Crippen LogP contribution < -0.4 is 16.2 Å². The first-order valence-corrected chi connectivity index (χ1v) is 10.6. The van der Waals surface area contributed by atoms with Crippen LogP contribution in [-0.2, 0) is 22.6 Å². The van der Waals surface area contributed by atoms with Crippen molar-refractivity contribution in [2.45, 2.75) is 25.9 Å². The molecule has 31 heavy (non-hydrogen) atoms. The van der Waals surface area contributed by atoms with Crippen LogP contribution >= 0.6 is 24.0 Å². The molecule has 7 nitrogen and oxygen atoms in total. The summed E-state index contributed by atoms with van der Waals surface area (Å²) in [7, 11) is 1.77. The van der Waals surface area contributed by atoms with Crippen molar-refractivity contribution in [3.63, 3.8) is 0 Å². The number of hydrogen-bond acceptors (Lipinski definition) is 4. The van der Waals surface area contributed by atoms with Crippen molar-refractivity contribution in [2.75, 3.05) is 40.0 Å². The molecular weight excluding hydrogens is 507 g/mol. The first kappa shape index (κ1) is 25.4. The van der Waals surface area contributed by atoms with Crippen molar-refractivity contribution in [1.82, 2.24) is 15.2 Å². The summed E-state index contributed by atoms with van der Waals surface area (Å²) < 4.78 is 12.8. The molecule has 1 saturated heterocycles. The molecule has 1 aromatic carbocycles. The highest BCUT2D eigenvalue weighted by atomic mass is 127. The molecule has 2 aromatic rings. The third-order valence-corrected chi connectivity index (χ3v) is 5.09. The zero-order chi connectivity index (χ0) is 21.0. The average Bonchev–Trinajstić information content (AvgIpc) is 3.29. The second kappa shape index (κ2) is 14.2. The number of aromatic nitrogens is 1. The quantitative estimate of drug-likeness (QED) is 0.210. The second-order valence-corrected chi connectivity index (χ2v) is 7.49. The van der Waals surface area contributed by atoms with E-state index in [1.807, 2.05) is 12.3 Å². The summed E-state index contributed by atoms with van der Waals surface area (Å²) >= 11 is 0. The van der Waals surface area contributed by atoms with E-state index >= 15 is 0 Å². The zero-order valence-electron chi connectivity index (χ0n) is 18.1. The molecule has 1 unspecified atom stereocenters. The maximum atomic E-state index is 11.8. The molecule has 2 N–H and O–H groups in total. The predicted molar refractivity (Wildman–Crippen MR) is 134 cm³/mol. The topological polar surface area (TPSA) is 76.9 Å². The van der Waals surface area contributed by atoms with Gasteiger partial charge in [0.2, 0.25) is 0 Å². The van der Waals surface area contributed by atoms with E-state index in [4.69, 9.17) is 9.47 Å². The normalized spacial score (nSPS) is 16.0. The SMILES string of the molecule is CN=C(NCCCOCC1CCOC1)NCc1ccc(Cn2ccccc2=O)cc1.I. The Bertz CT molecular complexity index is 848. The van der Waals surface area contributed by atoms with Gasteiger partial charge >= 0.3 is 0 Å². The Balaban J connectivity index is 0.00000341. The fourth-order valence-electron chi connectivity index (χ4n) is 3.30. The number of benzene rings is 1. The van der Waals surface area contributed by atoms with Crippen LogP contribution in [0.5, 0.6) is 0 Å². The molecule has 0 amide bonds. The van der Waals surface area contributed by atoms with Crippen molar-refractivity contribution in [3.8, 4) is 0 Å². The number of nitrogens with one attached hydrogen (secondary N) is 2. The van der Waals surface area contributed by atoms with Crippen LogP contribution in [-0.4, -0.2) is 50.5 Å². The largest absolute Gasteiger partial charge is 0.381 e. The molecule has 0 bridgehead atoms. The summed E-state index contributed by atoms with van der Waals surface area (Å²) in [5, 5.41) is 6.64. The monoisotopic (exact) mass is 540 g/mol. The highest BCUT2D eigenvalue weighted by Gasteiger charge is 2.15. The zero-order valence-corrected chi connectivity index (χ0v) is 20.4. The summed E-state index contributed by atoms with van der Waals surface area (Å²) in [6.45, 7) is 5.31. The van der Waals surface area contributed by atoms with Crippen molar-refractivity contribution < 1.29 is 9.47 Å². The Morgan fingerprint density at radius 3 is 2.71 bits per heavy atom. The van der Waals surface area contributed by atoms with Crippen LogP contribution in [0.4, 0.5) is 0 Å². The molecule has 170 valence electrons. The summed E-state index contributed by atoms with van der Waals surface area (Å²) in [5.74, 6) is 1.34. The molecule has 1 fully saturated rings. The van der Waals surface area contributed by atoms with Gasteiger partial charge < -0.3 is 24.7 Å². The van der Waals surface area contributed by atoms with Crippen LogP contribution in [0.3, 0.4) is 0 Å². The number of rotatable bonds is 10. The Morgan fingerprint density at radius 1 is 1.19 bits per heavy atom. The standard InChI is InChI=1S/C23H32N4O3.HI/c1-24-23(25-11-4-13-29-17-21-10-14-30-18-21)26-15-19-6-8-20(9-7-19)16-27-12-3-2-5-22(27)28;/h2-3,5-9,12,21H,4,10-11,13-18H2,1H3,(H2,24,25,26);1H. The molecule has 1 atom stereocenters. The second-order valence-electron chi connectivity index (χ2n) is 7.49. The van der Waals surface area contributed by atoms with E-state index in [1.165, 1.54) is 0 Å². The Kier molecular flexibility index (Phi) is 11.6. The van der Waals surface area contributed by atoms with Crippen molar-refractivity contribution in [2.24, 2.45) is 10.9 Å². The van der Waals surface area contributed by atoms with Gasteiger partial charge in [-0.2, -0.15) is 0 Å². The first-order chi connectivity index (χ1) is 14.7. The lowest BCUT2D eigenvalue weighted by Crippen LogP contribution is -2.37. The fraction of sp³-hybridized carbons (Fsp3) is 0.478. The van der Waals surface area contributed by atoms with E-state index in [-0.39, 0.29) is 29.5 Å². The van der Waals surface area contributed by atoms with Gasteiger partial charge in [-0.15, -0.1) is 24.0 Å². The van der Waals surface area contributed by atoms with Crippen LogP contribution in [0.2, 0.25) is 0 Å². The van der Waals surface area contributed by atoms with Gasteiger partial charge in [-0.1, -0.05) is 30.3 Å². The van der Waals surface area contributed by atoms with E-state index in [9.17, 15) is 4.79 Å². The maximum Gasteiger partial charge on any atom is 0.250 e. The van der Waals surface area contributed by atoms with E-state index < -0.39 is 0 Å². The lowest BCUT2D eigenvalue weighted by atomic mass is 10.1. The molecule has 0 spiro atoms. The van der Waals surface area contributed by atoms with Gasteiger partial charge in [-0.05, 0) is 30.0 Å². The van der Waals surface area contributed by atoms with Gasteiger partial charge in [0, 0.05) is 51.5 Å². The number of hydrogen-bond donors (Lipinski definition) is 2. The molecule has 1 aliphatic rings. The summed E-state index contributed by atoms with van der Waals surface area (Å²) in [5.41, 5.74) is 2.26. The molecule has 1 aromatic heterocycles. The first-order valence-electron chi connectivity index (χ1n) is 10.6. The molecule has 8 heteroatoms. The van der Waals surface area contributed by atoms with Gasteiger partial charge in [-0.3, -0.25) is 9.79 Å².